The summed E-state index contributed by atoms with van der Waals surface area (Å²) in [6.07, 6.45) is 6.25. The molecule has 0 spiro atoms. The molecule has 1 aliphatic carbocycles. The van der Waals surface area contributed by atoms with E-state index in [1.807, 2.05) is 18.3 Å². The van der Waals surface area contributed by atoms with E-state index in [1.165, 1.54) is 24.1 Å². The first-order valence-electron chi connectivity index (χ1n) is 6.76. The molecular formula is C15H18ClN3. The van der Waals surface area contributed by atoms with E-state index < -0.39 is 0 Å². The fourth-order valence-electron chi connectivity index (χ4n) is 2.54. The molecule has 19 heavy (non-hydrogen) atoms. The first-order valence-corrected chi connectivity index (χ1v) is 7.14. The van der Waals surface area contributed by atoms with Crippen molar-refractivity contribution >= 4 is 11.6 Å². The zero-order chi connectivity index (χ0) is 13.1. The van der Waals surface area contributed by atoms with Gasteiger partial charge < -0.3 is 10.3 Å². The fraction of sp³-hybridized carbons (Fsp3) is 0.400. The molecule has 3 nitrogen and oxygen atoms in total. The Kier molecular flexibility index (Phi) is 3.85. The Labute approximate surface area is 118 Å². The molecule has 1 unspecified atom stereocenters. The van der Waals surface area contributed by atoms with Crippen LogP contribution in [-0.4, -0.2) is 16.5 Å². The van der Waals surface area contributed by atoms with Crippen molar-refractivity contribution in [3.63, 3.8) is 0 Å². The second-order valence-corrected chi connectivity index (χ2v) is 5.64. The zero-order valence-corrected chi connectivity index (χ0v) is 11.5. The number of hydrogen-bond donors (Lipinski definition) is 2. The third kappa shape index (κ3) is 3.37. The van der Waals surface area contributed by atoms with E-state index in [0.29, 0.717) is 5.92 Å². The Bertz CT molecular complexity index is 507. The highest BCUT2D eigenvalue weighted by Crippen LogP contribution is 2.48. The molecule has 3 rings (SSSR count). The number of hydrogen-bond acceptors (Lipinski definition) is 2. The van der Waals surface area contributed by atoms with Gasteiger partial charge in [-0.2, -0.15) is 0 Å². The van der Waals surface area contributed by atoms with Gasteiger partial charge in [0.1, 0.15) is 0 Å². The number of nitrogens with one attached hydrogen (secondary N) is 2. The Balaban J connectivity index is 1.35. The third-order valence-corrected chi connectivity index (χ3v) is 4.03. The molecule has 1 heterocycles. The molecule has 2 aromatic rings. The summed E-state index contributed by atoms with van der Waals surface area (Å²) >= 11 is 5.86. The fourth-order valence-corrected chi connectivity index (χ4v) is 2.67. The monoisotopic (exact) mass is 275 g/mol. The summed E-state index contributed by atoms with van der Waals surface area (Å²) in [7, 11) is 0. The number of aromatic nitrogens is 2. The van der Waals surface area contributed by atoms with Gasteiger partial charge in [0, 0.05) is 29.4 Å². The lowest BCUT2D eigenvalue weighted by Crippen LogP contribution is -2.15. The van der Waals surface area contributed by atoms with Crippen LogP contribution in [0.25, 0.3) is 0 Å². The maximum atomic E-state index is 5.86. The van der Waals surface area contributed by atoms with E-state index in [4.69, 9.17) is 11.6 Å². The van der Waals surface area contributed by atoms with Gasteiger partial charge in [-0.3, -0.25) is 0 Å². The molecule has 1 aliphatic rings. The molecule has 1 saturated carbocycles. The van der Waals surface area contributed by atoms with Crippen LogP contribution in [0.4, 0.5) is 0 Å². The first-order chi connectivity index (χ1) is 9.33. The minimum absolute atomic E-state index is 0.708. The maximum Gasteiger partial charge on any atom is 0.0921 e. The van der Waals surface area contributed by atoms with Crippen LogP contribution < -0.4 is 5.32 Å². The Morgan fingerprint density at radius 1 is 1.32 bits per heavy atom. The Morgan fingerprint density at radius 3 is 2.89 bits per heavy atom. The molecule has 2 atom stereocenters. The van der Waals surface area contributed by atoms with E-state index in [2.05, 4.69) is 27.4 Å². The van der Waals surface area contributed by atoms with Crippen molar-refractivity contribution < 1.29 is 0 Å². The predicted octanol–water partition coefficient (Wildman–Crippen LogP) is 3.35. The zero-order valence-electron chi connectivity index (χ0n) is 10.8. The molecule has 0 saturated heterocycles. The topological polar surface area (TPSA) is 40.7 Å². The van der Waals surface area contributed by atoms with Crippen molar-refractivity contribution in [2.24, 2.45) is 5.92 Å². The van der Waals surface area contributed by atoms with Gasteiger partial charge >= 0.3 is 0 Å². The number of H-pyrrole nitrogens is 1. The second kappa shape index (κ2) is 5.76. The van der Waals surface area contributed by atoms with Crippen molar-refractivity contribution in [3.05, 3.63) is 53.1 Å². The van der Waals surface area contributed by atoms with E-state index in [0.717, 1.165) is 24.0 Å². The van der Waals surface area contributed by atoms with Gasteiger partial charge in [-0.1, -0.05) is 23.7 Å². The SMILES string of the molecule is Clc1ccc(CNCCC2C[C@@H]2c2cnc[nH]2)cc1. The van der Waals surface area contributed by atoms with Crippen molar-refractivity contribution in [1.29, 1.82) is 0 Å². The first kappa shape index (κ1) is 12.7. The van der Waals surface area contributed by atoms with Gasteiger partial charge in [-0.05, 0) is 43.0 Å². The third-order valence-electron chi connectivity index (χ3n) is 3.78. The number of rotatable bonds is 6. The smallest absolute Gasteiger partial charge is 0.0921 e. The summed E-state index contributed by atoms with van der Waals surface area (Å²) in [5.41, 5.74) is 2.58. The molecular weight excluding hydrogens is 258 g/mol. The van der Waals surface area contributed by atoms with Crippen molar-refractivity contribution in [2.45, 2.75) is 25.3 Å². The second-order valence-electron chi connectivity index (χ2n) is 5.20. The lowest BCUT2D eigenvalue weighted by Gasteiger charge is -2.04. The van der Waals surface area contributed by atoms with Crippen molar-refractivity contribution in [1.82, 2.24) is 15.3 Å². The van der Waals surface area contributed by atoms with E-state index in [1.54, 1.807) is 6.33 Å². The minimum Gasteiger partial charge on any atom is -0.348 e. The lowest BCUT2D eigenvalue weighted by atomic mass is 10.2. The van der Waals surface area contributed by atoms with Gasteiger partial charge in [-0.15, -0.1) is 0 Å². The van der Waals surface area contributed by atoms with Gasteiger partial charge in [0.25, 0.3) is 0 Å². The number of benzene rings is 1. The van der Waals surface area contributed by atoms with Crippen LogP contribution in [0.5, 0.6) is 0 Å². The minimum atomic E-state index is 0.708. The molecule has 100 valence electrons. The van der Waals surface area contributed by atoms with Gasteiger partial charge in [0.05, 0.1) is 6.33 Å². The number of aromatic amines is 1. The van der Waals surface area contributed by atoms with E-state index in [9.17, 15) is 0 Å². The van der Waals surface area contributed by atoms with Crippen LogP contribution in [0.3, 0.4) is 0 Å². The summed E-state index contributed by atoms with van der Waals surface area (Å²) in [5.74, 6) is 1.53. The molecule has 0 amide bonds. The van der Waals surface area contributed by atoms with Crippen LogP contribution in [0.15, 0.2) is 36.8 Å². The van der Waals surface area contributed by atoms with Crippen LogP contribution >= 0.6 is 11.6 Å². The molecule has 1 aromatic heterocycles. The molecule has 4 heteroatoms. The van der Waals surface area contributed by atoms with Gasteiger partial charge in [-0.25, -0.2) is 4.98 Å². The summed E-state index contributed by atoms with van der Waals surface area (Å²) in [6, 6.07) is 8.02. The largest absolute Gasteiger partial charge is 0.348 e. The van der Waals surface area contributed by atoms with Crippen molar-refractivity contribution in [3.8, 4) is 0 Å². The Hall–Kier alpha value is -1.32. The van der Waals surface area contributed by atoms with Crippen LogP contribution in [0.1, 0.15) is 30.0 Å². The molecule has 0 aliphatic heterocycles. The van der Waals surface area contributed by atoms with E-state index >= 15 is 0 Å². The predicted molar refractivity (Wildman–Crippen MR) is 77.2 cm³/mol. The highest BCUT2D eigenvalue weighted by Gasteiger charge is 2.38. The average molecular weight is 276 g/mol. The molecule has 2 N–H and O–H groups in total. The van der Waals surface area contributed by atoms with Crippen LogP contribution in [0.2, 0.25) is 5.02 Å². The standard InChI is InChI=1S/C15H18ClN3/c16-13-3-1-11(2-4-13)8-17-6-5-12-7-14(12)15-9-18-10-19-15/h1-4,9-10,12,14,17H,5-8H2,(H,18,19)/t12?,14-/m0/s1. The van der Waals surface area contributed by atoms with Crippen LogP contribution in [0, 0.1) is 5.92 Å². The number of imidazole rings is 1. The normalized spacial score (nSPS) is 21.5. The average Bonchev–Trinajstić information content (AvgIpc) is 2.98. The molecule has 1 fully saturated rings. The summed E-state index contributed by atoms with van der Waals surface area (Å²) < 4.78 is 0. The summed E-state index contributed by atoms with van der Waals surface area (Å²) in [6.45, 7) is 1.98. The van der Waals surface area contributed by atoms with E-state index in [-0.39, 0.29) is 0 Å². The molecule has 0 bridgehead atoms. The summed E-state index contributed by atoms with van der Waals surface area (Å²) in [4.78, 5) is 7.29. The molecule has 1 aromatic carbocycles. The number of halogens is 1. The highest BCUT2D eigenvalue weighted by molar-refractivity contribution is 6.30. The Morgan fingerprint density at radius 2 is 2.16 bits per heavy atom. The lowest BCUT2D eigenvalue weighted by molar-refractivity contribution is 0.602. The highest BCUT2D eigenvalue weighted by atomic mass is 35.5. The number of nitrogens with zero attached hydrogens (tertiary/aromatic N) is 1. The quantitative estimate of drug-likeness (QED) is 0.794. The van der Waals surface area contributed by atoms with Gasteiger partial charge in [0.2, 0.25) is 0 Å². The molecule has 0 radical (unpaired) electrons. The van der Waals surface area contributed by atoms with Crippen LogP contribution in [-0.2, 0) is 6.54 Å². The van der Waals surface area contributed by atoms with Crippen molar-refractivity contribution in [2.75, 3.05) is 6.54 Å². The maximum absolute atomic E-state index is 5.86. The summed E-state index contributed by atoms with van der Waals surface area (Å²) in [5, 5.41) is 4.28. The van der Waals surface area contributed by atoms with Gasteiger partial charge in [0.15, 0.2) is 0 Å².